The van der Waals surface area contributed by atoms with Gasteiger partial charge in [0.25, 0.3) is 5.69 Å². The van der Waals surface area contributed by atoms with Crippen molar-refractivity contribution in [1.82, 2.24) is 5.32 Å². The highest BCUT2D eigenvalue weighted by molar-refractivity contribution is 9.10. The lowest BCUT2D eigenvalue weighted by molar-refractivity contribution is -0.384. The van der Waals surface area contributed by atoms with Gasteiger partial charge in [-0.2, -0.15) is 0 Å². The van der Waals surface area contributed by atoms with E-state index in [9.17, 15) is 10.1 Å². The Bertz CT molecular complexity index is 451. The highest BCUT2D eigenvalue weighted by atomic mass is 79.9. The molecule has 98 valence electrons. The van der Waals surface area contributed by atoms with Crippen molar-refractivity contribution in [3.05, 3.63) is 38.3 Å². The summed E-state index contributed by atoms with van der Waals surface area (Å²) in [6, 6.07) is 5.63. The number of non-ortho nitro benzene ring substituents is 1. The number of nitrogens with zero attached hydrogens (tertiary/aromatic N) is 1. The zero-order chi connectivity index (χ0) is 13.1. The summed E-state index contributed by atoms with van der Waals surface area (Å²) >= 11 is 3.44. The summed E-state index contributed by atoms with van der Waals surface area (Å²) in [6.07, 6.45) is 4.70. The molecule has 0 amide bonds. The number of nitro groups is 1. The summed E-state index contributed by atoms with van der Waals surface area (Å²) in [6.45, 7) is 0. The first-order valence-electron chi connectivity index (χ1n) is 6.22. The highest BCUT2D eigenvalue weighted by Gasteiger charge is 2.26. The average Bonchev–Trinajstić information content (AvgIpc) is 2.78. The van der Waals surface area contributed by atoms with Gasteiger partial charge >= 0.3 is 0 Å². The van der Waals surface area contributed by atoms with Crippen LogP contribution in [0.15, 0.2) is 22.7 Å². The average molecular weight is 313 g/mol. The molecular weight excluding hydrogens is 296 g/mol. The monoisotopic (exact) mass is 312 g/mol. The Hall–Kier alpha value is -0.940. The number of rotatable bonds is 4. The SMILES string of the molecule is CNC1CCCC1Cc1ccc([N+](=O)[O-])cc1Br. The second kappa shape index (κ2) is 5.80. The summed E-state index contributed by atoms with van der Waals surface area (Å²) in [4.78, 5) is 10.3. The van der Waals surface area contributed by atoms with Crippen molar-refractivity contribution >= 4 is 21.6 Å². The van der Waals surface area contributed by atoms with E-state index in [-0.39, 0.29) is 10.6 Å². The zero-order valence-corrected chi connectivity index (χ0v) is 11.9. The molecule has 2 atom stereocenters. The first kappa shape index (κ1) is 13.5. The molecule has 0 heterocycles. The molecule has 2 rings (SSSR count). The van der Waals surface area contributed by atoms with Crippen LogP contribution in [-0.4, -0.2) is 18.0 Å². The third-order valence-corrected chi connectivity index (χ3v) is 4.50. The maximum absolute atomic E-state index is 10.7. The minimum Gasteiger partial charge on any atom is -0.317 e. The van der Waals surface area contributed by atoms with E-state index in [4.69, 9.17) is 0 Å². The van der Waals surface area contributed by atoms with Gasteiger partial charge in [0.05, 0.1) is 4.92 Å². The molecule has 0 spiro atoms. The molecule has 0 bridgehead atoms. The van der Waals surface area contributed by atoms with E-state index in [0.717, 1.165) is 16.5 Å². The zero-order valence-electron chi connectivity index (χ0n) is 10.4. The van der Waals surface area contributed by atoms with Gasteiger partial charge in [-0.3, -0.25) is 10.1 Å². The van der Waals surface area contributed by atoms with Crippen LogP contribution in [0.2, 0.25) is 0 Å². The van der Waals surface area contributed by atoms with Crippen LogP contribution in [0.4, 0.5) is 5.69 Å². The summed E-state index contributed by atoms with van der Waals surface area (Å²) in [5, 5.41) is 14.0. The van der Waals surface area contributed by atoms with Crippen molar-refractivity contribution in [2.75, 3.05) is 7.05 Å². The molecule has 1 aliphatic carbocycles. The molecule has 1 aliphatic rings. The minimum atomic E-state index is -0.361. The Balaban J connectivity index is 2.12. The van der Waals surface area contributed by atoms with E-state index < -0.39 is 0 Å². The van der Waals surface area contributed by atoms with Gasteiger partial charge in [0.1, 0.15) is 0 Å². The standard InChI is InChI=1S/C13H17BrN2O2/c1-15-13-4-2-3-10(13)7-9-5-6-11(16(17)18)8-12(9)14/h5-6,8,10,13,15H,2-4,7H2,1H3. The fourth-order valence-electron chi connectivity index (χ4n) is 2.76. The predicted molar refractivity (Wildman–Crippen MR) is 74.7 cm³/mol. The van der Waals surface area contributed by atoms with Gasteiger partial charge < -0.3 is 5.32 Å². The Morgan fingerprint density at radius 1 is 1.50 bits per heavy atom. The Morgan fingerprint density at radius 3 is 2.89 bits per heavy atom. The fraction of sp³-hybridized carbons (Fsp3) is 0.538. The van der Waals surface area contributed by atoms with Crippen LogP contribution in [0.3, 0.4) is 0 Å². The van der Waals surface area contributed by atoms with Crippen LogP contribution >= 0.6 is 15.9 Å². The predicted octanol–water partition coefficient (Wildman–Crippen LogP) is 3.29. The Kier molecular flexibility index (Phi) is 4.35. The van der Waals surface area contributed by atoms with Crippen LogP contribution in [-0.2, 0) is 6.42 Å². The van der Waals surface area contributed by atoms with Crippen molar-refractivity contribution in [2.24, 2.45) is 5.92 Å². The van der Waals surface area contributed by atoms with E-state index in [1.807, 2.05) is 13.1 Å². The molecule has 18 heavy (non-hydrogen) atoms. The molecule has 1 aromatic carbocycles. The highest BCUT2D eigenvalue weighted by Crippen LogP contribution is 2.32. The number of hydrogen-bond donors (Lipinski definition) is 1. The molecular formula is C13H17BrN2O2. The van der Waals surface area contributed by atoms with Gasteiger partial charge in [0.2, 0.25) is 0 Å². The van der Waals surface area contributed by atoms with Crippen LogP contribution in [0.5, 0.6) is 0 Å². The summed E-state index contributed by atoms with van der Waals surface area (Å²) < 4.78 is 0.846. The lowest BCUT2D eigenvalue weighted by Gasteiger charge is -2.19. The molecule has 1 aromatic rings. The number of hydrogen-bond acceptors (Lipinski definition) is 3. The molecule has 0 saturated heterocycles. The third-order valence-electron chi connectivity index (χ3n) is 3.76. The molecule has 0 aliphatic heterocycles. The molecule has 5 heteroatoms. The molecule has 2 unspecified atom stereocenters. The Labute approximate surface area is 115 Å². The van der Waals surface area contributed by atoms with E-state index in [1.54, 1.807) is 12.1 Å². The molecule has 0 aromatic heterocycles. The quantitative estimate of drug-likeness (QED) is 0.685. The lowest BCUT2D eigenvalue weighted by atomic mass is 9.94. The van der Waals surface area contributed by atoms with Crippen molar-refractivity contribution in [2.45, 2.75) is 31.7 Å². The molecule has 1 fully saturated rings. The van der Waals surface area contributed by atoms with E-state index in [2.05, 4.69) is 21.2 Å². The van der Waals surface area contributed by atoms with Crippen LogP contribution < -0.4 is 5.32 Å². The molecule has 4 nitrogen and oxygen atoms in total. The summed E-state index contributed by atoms with van der Waals surface area (Å²) in [7, 11) is 2.01. The smallest absolute Gasteiger partial charge is 0.270 e. The normalized spacial score (nSPS) is 23.2. The fourth-order valence-corrected chi connectivity index (χ4v) is 3.29. The number of nitrogens with one attached hydrogen (secondary N) is 1. The van der Waals surface area contributed by atoms with Crippen molar-refractivity contribution in [3.8, 4) is 0 Å². The van der Waals surface area contributed by atoms with E-state index in [0.29, 0.717) is 12.0 Å². The third kappa shape index (κ3) is 2.90. The number of benzene rings is 1. The molecule has 1 saturated carbocycles. The van der Waals surface area contributed by atoms with Gasteiger partial charge in [-0.15, -0.1) is 0 Å². The Morgan fingerprint density at radius 2 is 2.28 bits per heavy atom. The second-order valence-corrected chi connectivity index (χ2v) is 5.68. The van der Waals surface area contributed by atoms with Gasteiger partial charge in [0.15, 0.2) is 0 Å². The van der Waals surface area contributed by atoms with Crippen LogP contribution in [0.1, 0.15) is 24.8 Å². The molecule has 1 N–H and O–H groups in total. The van der Waals surface area contributed by atoms with Crippen molar-refractivity contribution < 1.29 is 4.92 Å². The first-order valence-corrected chi connectivity index (χ1v) is 7.01. The summed E-state index contributed by atoms with van der Waals surface area (Å²) in [5.41, 5.74) is 1.30. The van der Waals surface area contributed by atoms with E-state index in [1.165, 1.54) is 19.3 Å². The van der Waals surface area contributed by atoms with Gasteiger partial charge in [-0.05, 0) is 37.8 Å². The minimum absolute atomic E-state index is 0.141. The van der Waals surface area contributed by atoms with Gasteiger partial charge in [-0.25, -0.2) is 0 Å². The summed E-state index contributed by atoms with van der Waals surface area (Å²) in [5.74, 6) is 0.632. The number of nitro benzene ring substituents is 1. The van der Waals surface area contributed by atoms with Gasteiger partial charge in [-0.1, -0.05) is 28.4 Å². The maximum atomic E-state index is 10.7. The lowest BCUT2D eigenvalue weighted by Crippen LogP contribution is -2.30. The van der Waals surface area contributed by atoms with Crippen molar-refractivity contribution in [1.29, 1.82) is 0 Å². The van der Waals surface area contributed by atoms with Gasteiger partial charge in [0, 0.05) is 22.6 Å². The largest absolute Gasteiger partial charge is 0.317 e. The topological polar surface area (TPSA) is 55.2 Å². The molecule has 0 radical (unpaired) electrons. The van der Waals surface area contributed by atoms with Crippen LogP contribution in [0.25, 0.3) is 0 Å². The second-order valence-electron chi connectivity index (χ2n) is 4.82. The van der Waals surface area contributed by atoms with Crippen molar-refractivity contribution in [3.63, 3.8) is 0 Å². The van der Waals surface area contributed by atoms with E-state index >= 15 is 0 Å². The number of halogens is 1. The maximum Gasteiger partial charge on any atom is 0.270 e. The van der Waals surface area contributed by atoms with Crippen LogP contribution in [0, 0.1) is 16.0 Å². The first-order chi connectivity index (χ1) is 8.61.